The number of nitrogens with zero attached hydrogens (tertiary/aromatic N) is 3. The first-order valence-electron chi connectivity index (χ1n) is 6.95. The Hall–Kier alpha value is -2.86. The van der Waals surface area contributed by atoms with E-state index in [-0.39, 0.29) is 16.5 Å². The first kappa shape index (κ1) is 15.1. The van der Waals surface area contributed by atoms with E-state index in [0.29, 0.717) is 10.8 Å². The summed E-state index contributed by atoms with van der Waals surface area (Å²) in [7, 11) is 0. The molecule has 1 aliphatic rings. The average Bonchev–Trinajstić information content (AvgIpc) is 3.14. The molecule has 23 heavy (non-hydrogen) atoms. The quantitative estimate of drug-likeness (QED) is 0.654. The number of allylic oxidation sites excluding steroid dienone is 1. The Morgan fingerprint density at radius 3 is 3.00 bits per heavy atom. The monoisotopic (exact) mass is 331 g/mol. The maximum Gasteiger partial charge on any atom is 0.324 e. The van der Waals surface area contributed by atoms with Crippen molar-refractivity contribution in [2.45, 2.75) is 25.7 Å². The predicted octanol–water partition coefficient (Wildman–Crippen LogP) is 2.55. The number of thiophene rings is 1. The van der Waals surface area contributed by atoms with Crippen molar-refractivity contribution in [1.82, 2.24) is 10.2 Å². The van der Waals surface area contributed by atoms with Gasteiger partial charge in [-0.1, -0.05) is 24.7 Å². The maximum atomic E-state index is 10.9. The summed E-state index contributed by atoms with van der Waals surface area (Å²) in [5.41, 5.74) is 7.66. The van der Waals surface area contributed by atoms with Crippen molar-refractivity contribution in [3.8, 4) is 11.9 Å². The Kier molecular flexibility index (Phi) is 3.75. The fraction of sp³-hybridized carbons (Fsp3) is 0.286. The van der Waals surface area contributed by atoms with Crippen LogP contribution in [0.15, 0.2) is 23.6 Å². The number of aromatic amines is 1. The van der Waals surface area contributed by atoms with E-state index in [9.17, 15) is 15.4 Å². The number of ether oxygens (including phenoxy) is 1. The molecular weight excluding hydrogens is 318 g/mol. The summed E-state index contributed by atoms with van der Waals surface area (Å²) < 4.78 is 5.43. The lowest BCUT2D eigenvalue weighted by molar-refractivity contribution is -0.380. The molecule has 0 spiro atoms. The molecule has 118 valence electrons. The van der Waals surface area contributed by atoms with Crippen molar-refractivity contribution < 1.29 is 9.66 Å². The molecule has 8 nitrogen and oxygen atoms in total. The second-order valence-corrected chi connectivity index (χ2v) is 6.12. The molecule has 0 unspecified atom stereocenters. The van der Waals surface area contributed by atoms with Gasteiger partial charge in [-0.05, 0) is 12.5 Å². The lowest BCUT2D eigenvalue weighted by Gasteiger charge is -2.22. The number of hydrogen-bond acceptors (Lipinski definition) is 7. The van der Waals surface area contributed by atoms with E-state index < -0.39 is 10.8 Å². The van der Waals surface area contributed by atoms with Crippen LogP contribution >= 0.6 is 11.3 Å². The lowest BCUT2D eigenvalue weighted by Crippen LogP contribution is -2.20. The van der Waals surface area contributed by atoms with Gasteiger partial charge < -0.3 is 10.5 Å². The fourth-order valence-corrected chi connectivity index (χ4v) is 3.57. The highest BCUT2D eigenvalue weighted by Gasteiger charge is 2.36. The fourth-order valence-electron chi connectivity index (χ4n) is 2.63. The molecule has 0 aliphatic carbocycles. The topological polar surface area (TPSA) is 131 Å². The Morgan fingerprint density at radius 2 is 2.39 bits per heavy atom. The smallest absolute Gasteiger partial charge is 0.324 e. The van der Waals surface area contributed by atoms with Crippen LogP contribution in [0.5, 0.6) is 5.88 Å². The molecule has 3 heterocycles. The van der Waals surface area contributed by atoms with Crippen LogP contribution in [0.25, 0.3) is 0 Å². The molecule has 1 atom stereocenters. The largest absolute Gasteiger partial charge is 0.420 e. The summed E-state index contributed by atoms with van der Waals surface area (Å²) in [6, 6.07) is 5.14. The van der Waals surface area contributed by atoms with Crippen molar-refractivity contribution in [1.29, 1.82) is 5.26 Å². The minimum Gasteiger partial charge on any atom is -0.420 e. The number of nitrogens with two attached hydrogens (primary N) is 1. The number of hydrogen-bond donors (Lipinski definition) is 2. The zero-order valence-electron chi connectivity index (χ0n) is 12.2. The van der Waals surface area contributed by atoms with Crippen LogP contribution in [0.4, 0.5) is 5.00 Å². The normalized spacial score (nSPS) is 16.6. The highest BCUT2D eigenvalue weighted by atomic mass is 32.1. The molecule has 0 saturated heterocycles. The highest BCUT2D eigenvalue weighted by Crippen LogP contribution is 2.46. The van der Waals surface area contributed by atoms with Gasteiger partial charge in [-0.15, -0.1) is 5.10 Å². The van der Waals surface area contributed by atoms with E-state index in [1.807, 2.05) is 6.92 Å². The maximum absolute atomic E-state index is 10.9. The van der Waals surface area contributed by atoms with Gasteiger partial charge in [0.05, 0.1) is 16.4 Å². The van der Waals surface area contributed by atoms with Crippen molar-refractivity contribution in [3.63, 3.8) is 0 Å². The van der Waals surface area contributed by atoms with Crippen LogP contribution in [0.1, 0.15) is 35.4 Å². The van der Waals surface area contributed by atoms with E-state index in [0.717, 1.165) is 35.4 Å². The molecule has 0 amide bonds. The molecule has 0 fully saturated rings. The van der Waals surface area contributed by atoms with Crippen molar-refractivity contribution in [2.75, 3.05) is 0 Å². The number of nitro groups is 1. The molecule has 9 heteroatoms. The average molecular weight is 331 g/mol. The van der Waals surface area contributed by atoms with Gasteiger partial charge in [-0.2, -0.15) is 5.26 Å². The van der Waals surface area contributed by atoms with E-state index in [4.69, 9.17) is 10.5 Å². The van der Waals surface area contributed by atoms with Crippen molar-refractivity contribution in [3.05, 3.63) is 49.8 Å². The number of nitriles is 1. The predicted molar refractivity (Wildman–Crippen MR) is 82.9 cm³/mol. The van der Waals surface area contributed by atoms with Gasteiger partial charge in [0.1, 0.15) is 11.6 Å². The minimum absolute atomic E-state index is 0.0180. The van der Waals surface area contributed by atoms with Crippen molar-refractivity contribution >= 4 is 16.3 Å². The zero-order valence-corrected chi connectivity index (χ0v) is 13.0. The highest BCUT2D eigenvalue weighted by molar-refractivity contribution is 7.15. The Bertz CT molecular complexity index is 845. The van der Waals surface area contributed by atoms with Gasteiger partial charge in [0.25, 0.3) is 0 Å². The Morgan fingerprint density at radius 1 is 1.61 bits per heavy atom. The molecule has 0 bridgehead atoms. The van der Waals surface area contributed by atoms with Crippen LogP contribution in [0, 0.1) is 21.4 Å². The standard InChI is InChI=1S/C14H13N5O3S/c1-2-3-8-12-11(9-4-5-10(23-9)19(20)21)7(6-15)13(16)22-14(12)18-17-8/h4-5,11H,2-3,16H2,1H3,(H,17,18)/t11-/m0/s1. The van der Waals surface area contributed by atoms with E-state index in [1.54, 1.807) is 6.07 Å². The van der Waals surface area contributed by atoms with E-state index in [1.165, 1.54) is 6.07 Å². The number of rotatable bonds is 4. The van der Waals surface area contributed by atoms with Gasteiger partial charge in [0.15, 0.2) is 0 Å². The number of fused-ring (bicyclic) bond motifs is 1. The van der Waals surface area contributed by atoms with Gasteiger partial charge >= 0.3 is 5.00 Å². The summed E-state index contributed by atoms with van der Waals surface area (Å²) in [5, 5.41) is 27.5. The van der Waals surface area contributed by atoms with E-state index in [2.05, 4.69) is 16.3 Å². The Balaban J connectivity index is 2.17. The molecule has 0 saturated carbocycles. The molecule has 3 rings (SSSR count). The second kappa shape index (κ2) is 5.73. The summed E-state index contributed by atoms with van der Waals surface area (Å²) >= 11 is 1.03. The summed E-state index contributed by atoms with van der Waals surface area (Å²) in [5.74, 6) is -0.190. The molecule has 1 aliphatic heterocycles. The lowest BCUT2D eigenvalue weighted by atomic mass is 9.88. The van der Waals surface area contributed by atoms with Gasteiger partial charge in [-0.3, -0.25) is 15.2 Å². The zero-order chi connectivity index (χ0) is 16.6. The molecule has 3 N–H and O–H groups in total. The third-order valence-electron chi connectivity index (χ3n) is 3.59. The number of aromatic nitrogens is 2. The van der Waals surface area contributed by atoms with E-state index >= 15 is 0 Å². The second-order valence-electron chi connectivity index (χ2n) is 5.03. The van der Waals surface area contributed by atoms with Crippen LogP contribution in [0.3, 0.4) is 0 Å². The third-order valence-corrected chi connectivity index (χ3v) is 4.70. The van der Waals surface area contributed by atoms with Crippen LogP contribution in [0.2, 0.25) is 0 Å². The van der Waals surface area contributed by atoms with Gasteiger partial charge in [0.2, 0.25) is 11.8 Å². The SMILES string of the molecule is CCCc1[nH]nc2c1[C@H](c1ccc([N+](=O)[O-])s1)C(C#N)=C(N)O2. The number of H-pyrrole nitrogens is 1. The number of nitrogens with one attached hydrogen (secondary N) is 1. The first-order valence-corrected chi connectivity index (χ1v) is 7.77. The summed E-state index contributed by atoms with van der Waals surface area (Å²) in [6.07, 6.45) is 1.61. The molecule has 2 aromatic rings. The molecule has 0 aromatic carbocycles. The molecule has 0 radical (unpaired) electrons. The Labute approximate surface area is 135 Å². The summed E-state index contributed by atoms with van der Waals surface area (Å²) in [4.78, 5) is 11.2. The number of aryl methyl sites for hydroxylation is 1. The van der Waals surface area contributed by atoms with Crippen molar-refractivity contribution in [2.24, 2.45) is 5.73 Å². The first-order chi connectivity index (χ1) is 11.1. The van der Waals surface area contributed by atoms with Gasteiger partial charge in [0, 0.05) is 16.6 Å². The van der Waals surface area contributed by atoms with Crippen LogP contribution in [-0.4, -0.2) is 15.1 Å². The minimum atomic E-state index is -0.497. The summed E-state index contributed by atoms with van der Waals surface area (Å²) in [6.45, 7) is 2.03. The third kappa shape index (κ3) is 2.43. The molecular formula is C14H13N5O3S. The van der Waals surface area contributed by atoms with Gasteiger partial charge in [-0.25, -0.2) is 0 Å². The molecule has 2 aromatic heterocycles. The van der Waals surface area contributed by atoms with Crippen LogP contribution in [-0.2, 0) is 6.42 Å². The van der Waals surface area contributed by atoms with Crippen LogP contribution < -0.4 is 10.5 Å².